The maximum Gasteiger partial charge on any atom is 0.237 e. The molecule has 5 heteroatoms. The first-order valence-electron chi connectivity index (χ1n) is 4.83. The fourth-order valence-corrected chi connectivity index (χ4v) is 1.56. The summed E-state index contributed by atoms with van der Waals surface area (Å²) >= 11 is 1.52. The fraction of sp³-hybridized carbons (Fsp3) is 0.600. The van der Waals surface area contributed by atoms with Crippen LogP contribution in [0.1, 0.15) is 25.8 Å². The number of rotatable bonds is 3. The van der Waals surface area contributed by atoms with Gasteiger partial charge in [-0.3, -0.25) is 4.79 Å². The quantitative estimate of drug-likeness (QED) is 0.813. The highest BCUT2D eigenvalue weighted by atomic mass is 32.1. The number of nitrogens with zero attached hydrogens (tertiary/aromatic N) is 1. The SMILES string of the molecule is CC(C)(C)[C@H](N)C(=O)NCc1nccs1. The molecule has 1 heterocycles. The molecule has 84 valence electrons. The number of carbonyl (C=O) groups excluding carboxylic acids is 1. The standard InChI is InChI=1S/C10H17N3OS/c1-10(2,3)8(11)9(14)13-6-7-12-4-5-15-7/h4-5,8H,6,11H2,1-3H3,(H,13,14)/t8-/m1/s1. The molecule has 1 aromatic rings. The Kier molecular flexibility index (Phi) is 3.82. The second-order valence-corrected chi connectivity index (χ2v) is 5.47. The normalized spacial score (nSPS) is 13.6. The highest BCUT2D eigenvalue weighted by Gasteiger charge is 2.27. The summed E-state index contributed by atoms with van der Waals surface area (Å²) in [4.78, 5) is 15.7. The molecule has 3 N–H and O–H groups in total. The molecular weight excluding hydrogens is 210 g/mol. The van der Waals surface area contributed by atoms with Crippen molar-refractivity contribution < 1.29 is 4.79 Å². The van der Waals surface area contributed by atoms with Crippen molar-refractivity contribution in [1.29, 1.82) is 0 Å². The van der Waals surface area contributed by atoms with Crippen LogP contribution in [0.5, 0.6) is 0 Å². The Morgan fingerprint density at radius 1 is 1.67 bits per heavy atom. The van der Waals surface area contributed by atoms with E-state index in [-0.39, 0.29) is 11.3 Å². The Balaban J connectivity index is 2.43. The van der Waals surface area contributed by atoms with E-state index in [9.17, 15) is 4.79 Å². The summed E-state index contributed by atoms with van der Waals surface area (Å²) in [6, 6.07) is -0.488. The Morgan fingerprint density at radius 2 is 2.33 bits per heavy atom. The second kappa shape index (κ2) is 4.72. The molecule has 0 aliphatic rings. The van der Waals surface area contributed by atoms with Crippen molar-refractivity contribution in [2.75, 3.05) is 0 Å². The molecular formula is C10H17N3OS. The number of thiazole rings is 1. The molecule has 15 heavy (non-hydrogen) atoms. The Hall–Kier alpha value is -0.940. The van der Waals surface area contributed by atoms with Crippen molar-refractivity contribution in [1.82, 2.24) is 10.3 Å². The van der Waals surface area contributed by atoms with Crippen LogP contribution < -0.4 is 11.1 Å². The van der Waals surface area contributed by atoms with Crippen LogP contribution >= 0.6 is 11.3 Å². The summed E-state index contributed by atoms with van der Waals surface area (Å²) in [6.07, 6.45) is 1.72. The van der Waals surface area contributed by atoms with Gasteiger partial charge >= 0.3 is 0 Å². The summed E-state index contributed by atoms with van der Waals surface area (Å²) in [5.74, 6) is -0.127. The molecule has 1 atom stereocenters. The molecule has 0 aliphatic heterocycles. The lowest BCUT2D eigenvalue weighted by Gasteiger charge is -2.25. The minimum absolute atomic E-state index is 0.127. The van der Waals surface area contributed by atoms with Crippen molar-refractivity contribution in [2.24, 2.45) is 11.1 Å². The lowest BCUT2D eigenvalue weighted by atomic mass is 9.87. The molecule has 0 unspecified atom stereocenters. The van der Waals surface area contributed by atoms with Gasteiger partial charge in [0.05, 0.1) is 12.6 Å². The zero-order valence-electron chi connectivity index (χ0n) is 9.28. The van der Waals surface area contributed by atoms with Crippen LogP contribution in [0.3, 0.4) is 0 Å². The van der Waals surface area contributed by atoms with Crippen LogP contribution in [0.25, 0.3) is 0 Å². The second-order valence-electron chi connectivity index (χ2n) is 4.49. The van der Waals surface area contributed by atoms with Crippen LogP contribution in [0.2, 0.25) is 0 Å². The average Bonchev–Trinajstić information content (AvgIpc) is 2.63. The van der Waals surface area contributed by atoms with E-state index in [0.717, 1.165) is 5.01 Å². The number of aromatic nitrogens is 1. The Bertz CT molecular complexity index is 316. The molecule has 0 saturated carbocycles. The maximum absolute atomic E-state index is 11.6. The fourth-order valence-electron chi connectivity index (χ4n) is 1.01. The van der Waals surface area contributed by atoms with Crippen LogP contribution in [0.4, 0.5) is 0 Å². The zero-order valence-corrected chi connectivity index (χ0v) is 10.1. The molecule has 0 radical (unpaired) electrons. The number of carbonyl (C=O) groups is 1. The van der Waals surface area contributed by atoms with Crippen molar-refractivity contribution in [3.63, 3.8) is 0 Å². The first kappa shape index (κ1) is 12.1. The van der Waals surface area contributed by atoms with Gasteiger partial charge in [0, 0.05) is 11.6 Å². The zero-order chi connectivity index (χ0) is 11.5. The van der Waals surface area contributed by atoms with Crippen molar-refractivity contribution in [3.8, 4) is 0 Å². The van der Waals surface area contributed by atoms with Crippen molar-refractivity contribution in [3.05, 3.63) is 16.6 Å². The van der Waals surface area contributed by atoms with Gasteiger partial charge in [-0.2, -0.15) is 0 Å². The number of hydrogen-bond acceptors (Lipinski definition) is 4. The highest BCUT2D eigenvalue weighted by molar-refractivity contribution is 7.09. The molecule has 4 nitrogen and oxygen atoms in total. The minimum atomic E-state index is -0.488. The van der Waals surface area contributed by atoms with Gasteiger partial charge in [-0.1, -0.05) is 20.8 Å². The van der Waals surface area contributed by atoms with Gasteiger partial charge in [-0.15, -0.1) is 11.3 Å². The summed E-state index contributed by atoms with van der Waals surface area (Å²) in [6.45, 7) is 6.29. The summed E-state index contributed by atoms with van der Waals surface area (Å²) in [7, 11) is 0. The molecule has 0 bridgehead atoms. The number of nitrogens with two attached hydrogens (primary N) is 1. The van der Waals surface area contributed by atoms with Crippen molar-refractivity contribution in [2.45, 2.75) is 33.4 Å². The number of amides is 1. The molecule has 0 saturated heterocycles. The van der Waals surface area contributed by atoms with E-state index < -0.39 is 6.04 Å². The van der Waals surface area contributed by atoms with Crippen LogP contribution in [0.15, 0.2) is 11.6 Å². The predicted octanol–water partition coefficient (Wildman–Crippen LogP) is 1.13. The van der Waals surface area contributed by atoms with Gasteiger partial charge in [-0.05, 0) is 5.41 Å². The Morgan fingerprint density at radius 3 is 2.80 bits per heavy atom. The Labute approximate surface area is 93.9 Å². The lowest BCUT2D eigenvalue weighted by Crippen LogP contribution is -2.48. The third-order valence-corrected chi connectivity index (χ3v) is 2.89. The van der Waals surface area contributed by atoms with Crippen LogP contribution in [-0.2, 0) is 11.3 Å². The van der Waals surface area contributed by atoms with Gasteiger partial charge in [0.15, 0.2) is 0 Å². The van der Waals surface area contributed by atoms with Crippen LogP contribution in [-0.4, -0.2) is 16.9 Å². The molecule has 0 spiro atoms. The monoisotopic (exact) mass is 227 g/mol. The van der Waals surface area contributed by atoms with E-state index in [2.05, 4.69) is 10.3 Å². The summed E-state index contributed by atoms with van der Waals surface area (Å²) in [5, 5.41) is 5.55. The van der Waals surface area contributed by atoms with E-state index in [1.807, 2.05) is 26.2 Å². The first-order valence-corrected chi connectivity index (χ1v) is 5.71. The van der Waals surface area contributed by atoms with Crippen LogP contribution in [0, 0.1) is 5.41 Å². The summed E-state index contributed by atoms with van der Waals surface area (Å²) < 4.78 is 0. The smallest absolute Gasteiger partial charge is 0.237 e. The number of nitrogens with one attached hydrogen (secondary N) is 1. The lowest BCUT2D eigenvalue weighted by molar-refractivity contribution is -0.124. The van der Waals surface area contributed by atoms with Gasteiger partial charge in [0.1, 0.15) is 5.01 Å². The molecule has 1 amide bonds. The van der Waals surface area contributed by atoms with Gasteiger partial charge in [-0.25, -0.2) is 4.98 Å². The minimum Gasteiger partial charge on any atom is -0.348 e. The van der Waals surface area contributed by atoms with E-state index in [0.29, 0.717) is 6.54 Å². The highest BCUT2D eigenvalue weighted by Crippen LogP contribution is 2.17. The van der Waals surface area contributed by atoms with E-state index >= 15 is 0 Å². The third-order valence-electron chi connectivity index (χ3n) is 2.11. The molecule has 0 aromatic carbocycles. The average molecular weight is 227 g/mol. The molecule has 0 aliphatic carbocycles. The van der Waals surface area contributed by atoms with E-state index in [1.54, 1.807) is 6.20 Å². The molecule has 1 aromatic heterocycles. The van der Waals surface area contributed by atoms with E-state index in [4.69, 9.17) is 5.73 Å². The van der Waals surface area contributed by atoms with Gasteiger partial charge in [0.25, 0.3) is 0 Å². The third kappa shape index (κ3) is 3.60. The molecule has 0 fully saturated rings. The first-order chi connectivity index (χ1) is 6.91. The summed E-state index contributed by atoms with van der Waals surface area (Å²) in [5.41, 5.74) is 5.59. The van der Waals surface area contributed by atoms with Crippen molar-refractivity contribution >= 4 is 17.2 Å². The predicted molar refractivity (Wildman–Crippen MR) is 61.4 cm³/mol. The number of hydrogen-bond donors (Lipinski definition) is 2. The largest absolute Gasteiger partial charge is 0.348 e. The maximum atomic E-state index is 11.6. The molecule has 1 rings (SSSR count). The van der Waals surface area contributed by atoms with Gasteiger partial charge < -0.3 is 11.1 Å². The van der Waals surface area contributed by atoms with E-state index in [1.165, 1.54) is 11.3 Å². The topological polar surface area (TPSA) is 68.0 Å². The van der Waals surface area contributed by atoms with Gasteiger partial charge in [0.2, 0.25) is 5.91 Å².